The quantitative estimate of drug-likeness (QED) is 0.843. The fourth-order valence-corrected chi connectivity index (χ4v) is 2.17. The molecule has 1 atom stereocenters. The standard InChI is InChI=1S/C12H13FN4OS/c1-7-3-4-10(9(13)5-7)15-12(18)8(2)19-11-6-14-17-16-11/h3-6,8H,1-2H3,(H,15,18)(H,14,16,17)/t8-/m1/s1. The van der Waals surface area contributed by atoms with Crippen molar-refractivity contribution in [1.29, 1.82) is 0 Å². The third-order valence-corrected chi connectivity index (χ3v) is 3.45. The molecule has 0 bridgehead atoms. The van der Waals surface area contributed by atoms with Gasteiger partial charge >= 0.3 is 0 Å². The van der Waals surface area contributed by atoms with E-state index >= 15 is 0 Å². The maximum absolute atomic E-state index is 13.6. The van der Waals surface area contributed by atoms with Crippen molar-refractivity contribution in [3.05, 3.63) is 35.8 Å². The fraction of sp³-hybridized carbons (Fsp3) is 0.250. The first-order chi connectivity index (χ1) is 9.06. The van der Waals surface area contributed by atoms with Crippen LogP contribution >= 0.6 is 11.8 Å². The van der Waals surface area contributed by atoms with Gasteiger partial charge in [0.25, 0.3) is 0 Å². The summed E-state index contributed by atoms with van der Waals surface area (Å²) in [6.07, 6.45) is 1.53. The number of hydrogen-bond acceptors (Lipinski definition) is 4. The summed E-state index contributed by atoms with van der Waals surface area (Å²) < 4.78 is 13.6. The van der Waals surface area contributed by atoms with E-state index < -0.39 is 11.1 Å². The van der Waals surface area contributed by atoms with E-state index in [0.717, 1.165) is 5.56 Å². The number of benzene rings is 1. The average Bonchev–Trinajstić information content (AvgIpc) is 2.85. The van der Waals surface area contributed by atoms with Gasteiger partial charge in [0.2, 0.25) is 5.91 Å². The van der Waals surface area contributed by atoms with E-state index in [-0.39, 0.29) is 11.6 Å². The van der Waals surface area contributed by atoms with Gasteiger partial charge in [-0.15, -0.1) is 5.10 Å². The molecule has 0 saturated carbocycles. The number of H-pyrrole nitrogens is 1. The molecule has 0 saturated heterocycles. The van der Waals surface area contributed by atoms with Gasteiger partial charge in [0.15, 0.2) is 0 Å². The van der Waals surface area contributed by atoms with Crippen LogP contribution in [-0.4, -0.2) is 26.6 Å². The number of halogens is 1. The lowest BCUT2D eigenvalue weighted by molar-refractivity contribution is -0.115. The highest BCUT2D eigenvalue weighted by Crippen LogP contribution is 2.22. The highest BCUT2D eigenvalue weighted by molar-refractivity contribution is 8.00. The normalized spacial score (nSPS) is 12.2. The van der Waals surface area contributed by atoms with Crippen molar-refractivity contribution in [3.8, 4) is 0 Å². The van der Waals surface area contributed by atoms with Crippen LogP contribution in [0.4, 0.5) is 10.1 Å². The Kier molecular flexibility index (Phi) is 4.16. The van der Waals surface area contributed by atoms with Crippen molar-refractivity contribution in [3.63, 3.8) is 0 Å². The topological polar surface area (TPSA) is 70.7 Å². The molecule has 0 radical (unpaired) electrons. The molecule has 0 spiro atoms. The van der Waals surface area contributed by atoms with E-state index in [0.29, 0.717) is 5.03 Å². The Morgan fingerprint density at radius 1 is 1.53 bits per heavy atom. The molecule has 1 amide bonds. The van der Waals surface area contributed by atoms with Crippen LogP contribution in [0.5, 0.6) is 0 Å². The number of rotatable bonds is 4. The average molecular weight is 280 g/mol. The van der Waals surface area contributed by atoms with E-state index in [1.54, 1.807) is 26.0 Å². The number of nitrogens with one attached hydrogen (secondary N) is 2. The Labute approximate surface area is 114 Å². The van der Waals surface area contributed by atoms with Crippen molar-refractivity contribution >= 4 is 23.4 Å². The molecule has 0 aliphatic heterocycles. The van der Waals surface area contributed by atoms with Crippen LogP contribution in [0.2, 0.25) is 0 Å². The lowest BCUT2D eigenvalue weighted by Gasteiger charge is -2.11. The Morgan fingerprint density at radius 2 is 2.32 bits per heavy atom. The number of amides is 1. The first kappa shape index (κ1) is 13.5. The Morgan fingerprint density at radius 3 is 2.95 bits per heavy atom. The minimum Gasteiger partial charge on any atom is -0.323 e. The lowest BCUT2D eigenvalue weighted by atomic mass is 10.2. The zero-order valence-corrected chi connectivity index (χ0v) is 11.3. The van der Waals surface area contributed by atoms with E-state index in [1.165, 1.54) is 24.0 Å². The summed E-state index contributed by atoms with van der Waals surface area (Å²) in [5.74, 6) is -0.720. The predicted molar refractivity (Wildman–Crippen MR) is 71.5 cm³/mol. The first-order valence-corrected chi connectivity index (χ1v) is 6.53. The largest absolute Gasteiger partial charge is 0.323 e. The number of anilines is 1. The number of nitrogens with zero attached hydrogens (tertiary/aromatic N) is 2. The van der Waals surface area contributed by atoms with E-state index in [9.17, 15) is 9.18 Å². The zero-order valence-electron chi connectivity index (χ0n) is 10.5. The van der Waals surface area contributed by atoms with Crippen molar-refractivity contribution in [2.45, 2.75) is 24.1 Å². The van der Waals surface area contributed by atoms with Gasteiger partial charge in [-0.2, -0.15) is 10.3 Å². The van der Waals surface area contributed by atoms with Gasteiger partial charge in [0, 0.05) is 0 Å². The van der Waals surface area contributed by atoms with Crippen molar-refractivity contribution < 1.29 is 9.18 Å². The minimum absolute atomic E-state index is 0.184. The number of thioether (sulfide) groups is 1. The lowest BCUT2D eigenvalue weighted by Crippen LogP contribution is -2.23. The molecular formula is C12H13FN4OS. The summed E-state index contributed by atoms with van der Waals surface area (Å²) in [6, 6.07) is 4.68. The van der Waals surface area contributed by atoms with E-state index in [2.05, 4.69) is 20.7 Å². The van der Waals surface area contributed by atoms with Crippen LogP contribution < -0.4 is 5.32 Å². The second kappa shape index (κ2) is 5.83. The summed E-state index contributed by atoms with van der Waals surface area (Å²) in [4.78, 5) is 11.9. The molecule has 2 aromatic rings. The van der Waals surface area contributed by atoms with Gasteiger partial charge in [0.05, 0.1) is 17.1 Å². The summed E-state index contributed by atoms with van der Waals surface area (Å²) in [7, 11) is 0. The van der Waals surface area contributed by atoms with Crippen molar-refractivity contribution in [1.82, 2.24) is 15.4 Å². The molecule has 2 rings (SSSR count). The summed E-state index contributed by atoms with van der Waals surface area (Å²) in [5, 5.41) is 12.7. The molecule has 1 heterocycles. The third-order valence-electron chi connectivity index (χ3n) is 2.44. The smallest absolute Gasteiger partial charge is 0.237 e. The van der Waals surface area contributed by atoms with E-state index in [1.807, 2.05) is 0 Å². The van der Waals surface area contributed by atoms with Crippen LogP contribution in [-0.2, 0) is 4.79 Å². The molecular weight excluding hydrogens is 267 g/mol. The molecule has 5 nitrogen and oxygen atoms in total. The summed E-state index contributed by atoms with van der Waals surface area (Å²) >= 11 is 1.25. The molecule has 7 heteroatoms. The van der Waals surface area contributed by atoms with Crippen molar-refractivity contribution in [2.75, 3.05) is 5.32 Å². The Hall–Kier alpha value is -1.89. The highest BCUT2D eigenvalue weighted by atomic mass is 32.2. The molecule has 1 aromatic carbocycles. The van der Waals surface area contributed by atoms with Crippen LogP contribution in [0, 0.1) is 12.7 Å². The van der Waals surface area contributed by atoms with Gasteiger partial charge in [0.1, 0.15) is 10.8 Å². The summed E-state index contributed by atoms with van der Waals surface area (Å²) in [5.41, 5.74) is 0.990. The van der Waals surface area contributed by atoms with Crippen LogP contribution in [0.25, 0.3) is 0 Å². The molecule has 0 unspecified atom stereocenters. The molecule has 1 aromatic heterocycles. The van der Waals surface area contributed by atoms with Crippen LogP contribution in [0.1, 0.15) is 12.5 Å². The SMILES string of the molecule is Cc1ccc(NC(=O)[C@@H](C)Sc2cn[nH]n2)c(F)c1. The molecule has 2 N–H and O–H groups in total. The second-order valence-electron chi connectivity index (χ2n) is 4.04. The second-order valence-corrected chi connectivity index (χ2v) is 5.40. The van der Waals surface area contributed by atoms with Crippen molar-refractivity contribution in [2.24, 2.45) is 0 Å². The molecule has 0 aliphatic carbocycles. The number of aryl methyl sites for hydroxylation is 1. The molecule has 100 valence electrons. The maximum atomic E-state index is 13.6. The number of hydrogen-bond donors (Lipinski definition) is 2. The van der Waals surface area contributed by atoms with Gasteiger partial charge in [-0.1, -0.05) is 17.8 Å². The first-order valence-electron chi connectivity index (χ1n) is 5.65. The zero-order chi connectivity index (χ0) is 13.8. The molecule has 0 aliphatic rings. The Balaban J connectivity index is 2.00. The highest BCUT2D eigenvalue weighted by Gasteiger charge is 2.17. The van der Waals surface area contributed by atoms with Gasteiger partial charge in [-0.05, 0) is 31.5 Å². The maximum Gasteiger partial charge on any atom is 0.237 e. The molecule has 0 fully saturated rings. The summed E-state index contributed by atoms with van der Waals surface area (Å²) in [6.45, 7) is 3.51. The van der Waals surface area contributed by atoms with Gasteiger partial charge < -0.3 is 5.32 Å². The van der Waals surface area contributed by atoms with Crippen LogP contribution in [0.3, 0.4) is 0 Å². The minimum atomic E-state index is -0.438. The Bertz CT molecular complexity index is 573. The number of carbonyl (C=O) groups excluding carboxylic acids is 1. The van der Waals surface area contributed by atoms with Crippen LogP contribution in [0.15, 0.2) is 29.4 Å². The number of aromatic amines is 1. The van der Waals surface area contributed by atoms with Gasteiger partial charge in [-0.25, -0.2) is 4.39 Å². The van der Waals surface area contributed by atoms with E-state index in [4.69, 9.17) is 0 Å². The monoisotopic (exact) mass is 280 g/mol. The number of carbonyl (C=O) groups is 1. The van der Waals surface area contributed by atoms with Gasteiger partial charge in [-0.3, -0.25) is 4.79 Å². The molecule has 19 heavy (non-hydrogen) atoms. The fourth-order valence-electron chi connectivity index (χ4n) is 1.44. The predicted octanol–water partition coefficient (Wildman–Crippen LogP) is 2.37. The number of aromatic nitrogens is 3. The third kappa shape index (κ3) is 3.54.